The number of benzene rings is 1. The van der Waals surface area contributed by atoms with E-state index in [-0.39, 0.29) is 11.4 Å². The van der Waals surface area contributed by atoms with Crippen LogP contribution in [0.1, 0.15) is 31.5 Å². The fraction of sp³-hybridized carbons (Fsp3) is 0.562. The van der Waals surface area contributed by atoms with Crippen LogP contribution in [-0.2, 0) is 12.4 Å². The molecule has 114 valence electrons. The zero-order valence-electron chi connectivity index (χ0n) is 12.6. The molecule has 21 heavy (non-hydrogen) atoms. The molecule has 0 atom stereocenters. The van der Waals surface area contributed by atoms with Gasteiger partial charge in [-0.2, -0.15) is 0 Å². The summed E-state index contributed by atoms with van der Waals surface area (Å²) in [7, 11) is 4.29. The Morgan fingerprint density at radius 2 is 2.05 bits per heavy atom. The van der Waals surface area contributed by atoms with Gasteiger partial charge >= 0.3 is 0 Å². The molecule has 0 amide bonds. The lowest BCUT2D eigenvalue weighted by Gasteiger charge is -2.37. The highest BCUT2D eigenvalue weighted by atomic mass is 35.5. The SMILES string of the molecule is CN(C)C1(Cn2c(CCl)nc3cc(F)ccc32)CCCC1. The second-order valence-electron chi connectivity index (χ2n) is 6.21. The Kier molecular flexibility index (Phi) is 3.93. The van der Waals surface area contributed by atoms with Gasteiger partial charge in [-0.05, 0) is 39.1 Å². The molecule has 3 rings (SSSR count). The van der Waals surface area contributed by atoms with Crippen molar-refractivity contribution in [2.75, 3.05) is 14.1 Å². The van der Waals surface area contributed by atoms with Crippen LogP contribution in [0.5, 0.6) is 0 Å². The van der Waals surface area contributed by atoms with Gasteiger partial charge in [0, 0.05) is 18.2 Å². The second kappa shape index (κ2) is 5.58. The number of alkyl halides is 1. The highest BCUT2D eigenvalue weighted by Gasteiger charge is 2.37. The Balaban J connectivity index is 2.06. The Hall–Kier alpha value is -1.13. The standard InChI is InChI=1S/C16H21ClFN3/c1-20(2)16(7-3-4-8-16)11-21-14-6-5-12(18)9-13(14)19-15(21)10-17/h5-6,9H,3-4,7-8,10-11H2,1-2H3. The van der Waals surface area contributed by atoms with Crippen LogP contribution in [0.3, 0.4) is 0 Å². The Morgan fingerprint density at radius 3 is 2.67 bits per heavy atom. The molecule has 0 spiro atoms. The quantitative estimate of drug-likeness (QED) is 0.801. The van der Waals surface area contributed by atoms with Crippen molar-refractivity contribution >= 4 is 22.6 Å². The number of halogens is 2. The van der Waals surface area contributed by atoms with Gasteiger partial charge < -0.3 is 9.47 Å². The van der Waals surface area contributed by atoms with E-state index in [0.29, 0.717) is 11.4 Å². The molecular formula is C16H21ClFN3. The van der Waals surface area contributed by atoms with Crippen molar-refractivity contribution in [3.05, 3.63) is 29.8 Å². The van der Waals surface area contributed by atoms with E-state index in [0.717, 1.165) is 17.9 Å². The summed E-state index contributed by atoms with van der Waals surface area (Å²) in [6.45, 7) is 0.865. The lowest BCUT2D eigenvalue weighted by atomic mass is 9.95. The van der Waals surface area contributed by atoms with E-state index in [4.69, 9.17) is 11.6 Å². The number of aromatic nitrogens is 2. The molecule has 0 bridgehead atoms. The maximum absolute atomic E-state index is 13.4. The summed E-state index contributed by atoms with van der Waals surface area (Å²) in [5.41, 5.74) is 1.82. The van der Waals surface area contributed by atoms with Gasteiger partial charge in [-0.1, -0.05) is 12.8 Å². The average molecular weight is 310 g/mol. The van der Waals surface area contributed by atoms with Crippen molar-refractivity contribution in [3.63, 3.8) is 0 Å². The summed E-state index contributed by atoms with van der Waals surface area (Å²) >= 11 is 6.06. The van der Waals surface area contributed by atoms with Crippen molar-refractivity contribution in [1.82, 2.24) is 14.5 Å². The fourth-order valence-electron chi connectivity index (χ4n) is 3.51. The van der Waals surface area contributed by atoms with E-state index in [1.807, 2.05) is 6.07 Å². The molecule has 1 heterocycles. The minimum absolute atomic E-state index is 0.156. The zero-order valence-corrected chi connectivity index (χ0v) is 13.3. The summed E-state index contributed by atoms with van der Waals surface area (Å²) in [4.78, 5) is 6.82. The third kappa shape index (κ3) is 2.55. The van der Waals surface area contributed by atoms with Gasteiger partial charge in [0.25, 0.3) is 0 Å². The number of rotatable bonds is 4. The van der Waals surface area contributed by atoms with Crippen LogP contribution < -0.4 is 0 Å². The number of likely N-dealkylation sites (N-methyl/N-ethyl adjacent to an activating group) is 1. The summed E-state index contributed by atoms with van der Waals surface area (Å²) in [6.07, 6.45) is 4.89. The third-order valence-electron chi connectivity index (χ3n) is 4.84. The van der Waals surface area contributed by atoms with Crippen LogP contribution in [-0.4, -0.2) is 34.1 Å². The first-order valence-corrected chi connectivity index (χ1v) is 7.97. The van der Waals surface area contributed by atoms with Gasteiger partial charge in [-0.15, -0.1) is 11.6 Å². The molecule has 1 saturated carbocycles. The van der Waals surface area contributed by atoms with E-state index >= 15 is 0 Å². The molecule has 1 aliphatic carbocycles. The second-order valence-corrected chi connectivity index (χ2v) is 6.47. The summed E-state index contributed by atoms with van der Waals surface area (Å²) < 4.78 is 15.6. The third-order valence-corrected chi connectivity index (χ3v) is 5.08. The Labute approximate surface area is 129 Å². The molecule has 1 aromatic heterocycles. The van der Waals surface area contributed by atoms with Crippen molar-refractivity contribution in [2.45, 2.75) is 43.6 Å². The predicted molar refractivity (Wildman–Crippen MR) is 84.1 cm³/mol. The van der Waals surface area contributed by atoms with Crippen LogP contribution in [0.25, 0.3) is 11.0 Å². The van der Waals surface area contributed by atoms with E-state index in [1.54, 1.807) is 0 Å². The maximum atomic E-state index is 13.4. The van der Waals surface area contributed by atoms with Crippen LogP contribution in [0.2, 0.25) is 0 Å². The first-order valence-electron chi connectivity index (χ1n) is 7.44. The van der Waals surface area contributed by atoms with Crippen molar-refractivity contribution in [3.8, 4) is 0 Å². The number of fused-ring (bicyclic) bond motifs is 1. The number of nitrogens with zero attached hydrogens (tertiary/aromatic N) is 3. The smallest absolute Gasteiger partial charge is 0.125 e. The Bertz CT molecular complexity index is 644. The zero-order chi connectivity index (χ0) is 15.0. The molecule has 1 fully saturated rings. The lowest BCUT2D eigenvalue weighted by Crippen LogP contribution is -2.45. The van der Waals surface area contributed by atoms with Gasteiger partial charge in [-0.3, -0.25) is 0 Å². The van der Waals surface area contributed by atoms with Crippen LogP contribution in [0.15, 0.2) is 18.2 Å². The summed E-state index contributed by atoms with van der Waals surface area (Å²) in [5, 5.41) is 0. The molecular weight excluding hydrogens is 289 g/mol. The minimum Gasteiger partial charge on any atom is -0.325 e. The molecule has 0 saturated heterocycles. The first kappa shape index (κ1) is 14.8. The van der Waals surface area contributed by atoms with Crippen LogP contribution in [0.4, 0.5) is 4.39 Å². The minimum atomic E-state index is -0.253. The molecule has 1 aromatic carbocycles. The number of imidazole rings is 1. The maximum Gasteiger partial charge on any atom is 0.125 e. The fourth-order valence-corrected chi connectivity index (χ4v) is 3.71. The first-order chi connectivity index (χ1) is 10.1. The molecule has 0 N–H and O–H groups in total. The Morgan fingerprint density at radius 1 is 1.33 bits per heavy atom. The molecule has 0 radical (unpaired) electrons. The predicted octanol–water partition coefficient (Wildman–Crippen LogP) is 3.79. The molecule has 3 nitrogen and oxygen atoms in total. The van der Waals surface area contributed by atoms with Gasteiger partial charge in [0.15, 0.2) is 0 Å². The number of hydrogen-bond donors (Lipinski definition) is 0. The van der Waals surface area contributed by atoms with Crippen LogP contribution in [0, 0.1) is 5.82 Å². The van der Waals surface area contributed by atoms with Gasteiger partial charge in [0.2, 0.25) is 0 Å². The van der Waals surface area contributed by atoms with E-state index < -0.39 is 0 Å². The van der Waals surface area contributed by atoms with Gasteiger partial charge in [0.1, 0.15) is 11.6 Å². The van der Waals surface area contributed by atoms with Crippen molar-refractivity contribution in [1.29, 1.82) is 0 Å². The summed E-state index contributed by atoms with van der Waals surface area (Å²) in [5.74, 6) is 0.918. The summed E-state index contributed by atoms with van der Waals surface area (Å²) in [6, 6.07) is 4.79. The van der Waals surface area contributed by atoms with E-state index in [9.17, 15) is 4.39 Å². The normalized spacial score (nSPS) is 18.0. The largest absolute Gasteiger partial charge is 0.325 e. The lowest BCUT2D eigenvalue weighted by molar-refractivity contribution is 0.134. The average Bonchev–Trinajstić information content (AvgIpc) is 3.05. The molecule has 0 unspecified atom stereocenters. The molecule has 0 aliphatic heterocycles. The highest BCUT2D eigenvalue weighted by molar-refractivity contribution is 6.16. The molecule has 2 aromatic rings. The molecule has 5 heteroatoms. The highest BCUT2D eigenvalue weighted by Crippen LogP contribution is 2.36. The van der Waals surface area contributed by atoms with Gasteiger partial charge in [0.05, 0.1) is 16.9 Å². The van der Waals surface area contributed by atoms with E-state index in [2.05, 4.69) is 28.5 Å². The number of hydrogen-bond acceptors (Lipinski definition) is 2. The monoisotopic (exact) mass is 309 g/mol. The van der Waals surface area contributed by atoms with Crippen molar-refractivity contribution < 1.29 is 4.39 Å². The van der Waals surface area contributed by atoms with Gasteiger partial charge in [-0.25, -0.2) is 9.37 Å². The van der Waals surface area contributed by atoms with E-state index in [1.165, 1.54) is 37.8 Å². The van der Waals surface area contributed by atoms with Crippen LogP contribution >= 0.6 is 11.6 Å². The van der Waals surface area contributed by atoms with Crippen molar-refractivity contribution in [2.24, 2.45) is 0 Å². The topological polar surface area (TPSA) is 21.1 Å². The molecule has 1 aliphatic rings.